The molecule has 0 aromatic rings. The molecule has 116 valence electrons. The highest BCUT2D eigenvalue weighted by molar-refractivity contribution is 4.93. The molecule has 3 aliphatic rings. The highest BCUT2D eigenvalue weighted by Crippen LogP contribution is 2.38. The molecule has 0 aromatic heterocycles. The zero-order valence-corrected chi connectivity index (χ0v) is 13.7. The van der Waals surface area contributed by atoms with E-state index < -0.39 is 0 Å². The first-order valence-electron chi connectivity index (χ1n) is 9.14. The first kappa shape index (κ1) is 14.8. The van der Waals surface area contributed by atoms with Crippen LogP contribution < -0.4 is 5.32 Å². The predicted molar refractivity (Wildman–Crippen MR) is 86.0 cm³/mol. The number of hydrogen-bond donors (Lipinski definition) is 1. The fourth-order valence-corrected chi connectivity index (χ4v) is 4.56. The van der Waals surface area contributed by atoms with E-state index in [1.807, 2.05) is 0 Å². The normalized spacial score (nSPS) is 35.1. The Balaban J connectivity index is 1.63. The van der Waals surface area contributed by atoms with Crippen molar-refractivity contribution in [2.75, 3.05) is 19.6 Å². The van der Waals surface area contributed by atoms with Gasteiger partial charge in [0.1, 0.15) is 0 Å². The highest BCUT2D eigenvalue weighted by atomic mass is 15.2. The molecule has 3 rings (SSSR count). The largest absolute Gasteiger partial charge is 0.313 e. The number of likely N-dealkylation sites (tertiary alicyclic amines) is 1. The van der Waals surface area contributed by atoms with Crippen molar-refractivity contribution >= 4 is 0 Å². The van der Waals surface area contributed by atoms with Gasteiger partial charge in [0.2, 0.25) is 0 Å². The molecular formula is C18H34N2. The molecule has 2 nitrogen and oxygen atoms in total. The van der Waals surface area contributed by atoms with Crippen LogP contribution in [0.4, 0.5) is 0 Å². The fourth-order valence-electron chi connectivity index (χ4n) is 4.56. The van der Waals surface area contributed by atoms with E-state index in [1.165, 1.54) is 77.4 Å². The van der Waals surface area contributed by atoms with Gasteiger partial charge < -0.3 is 5.32 Å². The lowest BCUT2D eigenvalue weighted by atomic mass is 9.79. The van der Waals surface area contributed by atoms with Gasteiger partial charge in [0.25, 0.3) is 0 Å². The second-order valence-corrected chi connectivity index (χ2v) is 8.19. The molecule has 2 heteroatoms. The maximum Gasteiger partial charge on any atom is 0.00702 e. The standard InChI is InChI=1S/C18H34N2/c1-15-11-16(2)20(12-15)14-18(13-19-17-7-8-17)9-5-3-4-6-10-18/h15-17,19H,3-14H2,1-2H3. The molecule has 2 atom stereocenters. The van der Waals surface area contributed by atoms with E-state index in [4.69, 9.17) is 0 Å². The lowest BCUT2D eigenvalue weighted by molar-refractivity contribution is 0.120. The third kappa shape index (κ3) is 3.76. The Morgan fingerprint density at radius 2 is 1.75 bits per heavy atom. The van der Waals surface area contributed by atoms with E-state index in [2.05, 4.69) is 24.1 Å². The Labute approximate surface area is 125 Å². The summed E-state index contributed by atoms with van der Waals surface area (Å²) in [6.45, 7) is 8.86. The minimum Gasteiger partial charge on any atom is -0.313 e. The van der Waals surface area contributed by atoms with Crippen LogP contribution in [-0.4, -0.2) is 36.6 Å². The van der Waals surface area contributed by atoms with Gasteiger partial charge in [-0.15, -0.1) is 0 Å². The van der Waals surface area contributed by atoms with E-state index in [0.717, 1.165) is 18.0 Å². The minimum absolute atomic E-state index is 0.581. The van der Waals surface area contributed by atoms with Crippen LogP contribution in [0.15, 0.2) is 0 Å². The van der Waals surface area contributed by atoms with Crippen LogP contribution in [0.5, 0.6) is 0 Å². The Morgan fingerprint density at radius 1 is 1.05 bits per heavy atom. The maximum atomic E-state index is 3.87. The summed E-state index contributed by atoms with van der Waals surface area (Å²) < 4.78 is 0. The van der Waals surface area contributed by atoms with Gasteiger partial charge in [0.05, 0.1) is 0 Å². The van der Waals surface area contributed by atoms with Crippen LogP contribution in [0.1, 0.15) is 71.6 Å². The van der Waals surface area contributed by atoms with Gasteiger partial charge >= 0.3 is 0 Å². The average Bonchev–Trinajstić information content (AvgIpc) is 3.19. The number of nitrogens with one attached hydrogen (secondary N) is 1. The van der Waals surface area contributed by atoms with Crippen molar-refractivity contribution in [3.05, 3.63) is 0 Å². The third-order valence-electron chi connectivity index (χ3n) is 5.96. The molecule has 0 radical (unpaired) electrons. The van der Waals surface area contributed by atoms with Crippen molar-refractivity contribution < 1.29 is 0 Å². The molecule has 3 fully saturated rings. The van der Waals surface area contributed by atoms with Crippen molar-refractivity contribution in [3.8, 4) is 0 Å². The summed E-state index contributed by atoms with van der Waals surface area (Å²) in [6, 6.07) is 1.68. The Kier molecular flexibility index (Phi) is 4.72. The van der Waals surface area contributed by atoms with Gasteiger partial charge in [-0.1, -0.05) is 32.6 Å². The van der Waals surface area contributed by atoms with Crippen molar-refractivity contribution in [1.82, 2.24) is 10.2 Å². The maximum absolute atomic E-state index is 3.87. The molecule has 0 aromatic carbocycles. The van der Waals surface area contributed by atoms with E-state index in [9.17, 15) is 0 Å². The average molecular weight is 278 g/mol. The summed E-state index contributed by atoms with van der Waals surface area (Å²) in [5.74, 6) is 0.907. The monoisotopic (exact) mass is 278 g/mol. The predicted octanol–water partition coefficient (Wildman–Crippen LogP) is 3.81. The Morgan fingerprint density at radius 3 is 2.30 bits per heavy atom. The van der Waals surface area contributed by atoms with Crippen LogP contribution in [0.2, 0.25) is 0 Å². The highest BCUT2D eigenvalue weighted by Gasteiger charge is 2.37. The van der Waals surface area contributed by atoms with Crippen LogP contribution >= 0.6 is 0 Å². The fraction of sp³-hybridized carbons (Fsp3) is 1.00. The van der Waals surface area contributed by atoms with Crippen LogP contribution in [0.3, 0.4) is 0 Å². The number of rotatable bonds is 5. The summed E-state index contributed by atoms with van der Waals surface area (Å²) in [5, 5.41) is 3.87. The Hall–Kier alpha value is -0.0800. The number of hydrogen-bond acceptors (Lipinski definition) is 2. The lowest BCUT2D eigenvalue weighted by Gasteiger charge is -2.38. The summed E-state index contributed by atoms with van der Waals surface area (Å²) in [4.78, 5) is 2.81. The van der Waals surface area contributed by atoms with Gasteiger partial charge in [-0.25, -0.2) is 0 Å². The van der Waals surface area contributed by atoms with Gasteiger partial charge in [-0.05, 0) is 50.4 Å². The first-order chi connectivity index (χ1) is 9.67. The van der Waals surface area contributed by atoms with Crippen LogP contribution in [0.25, 0.3) is 0 Å². The van der Waals surface area contributed by atoms with Gasteiger partial charge in [-0.2, -0.15) is 0 Å². The molecule has 0 bridgehead atoms. The zero-order chi connectivity index (χ0) is 14.0. The van der Waals surface area contributed by atoms with Crippen molar-refractivity contribution in [3.63, 3.8) is 0 Å². The quantitative estimate of drug-likeness (QED) is 0.769. The van der Waals surface area contributed by atoms with Crippen molar-refractivity contribution in [2.45, 2.75) is 83.7 Å². The lowest BCUT2D eigenvalue weighted by Crippen LogP contribution is -2.45. The van der Waals surface area contributed by atoms with Crippen molar-refractivity contribution in [2.24, 2.45) is 11.3 Å². The molecule has 20 heavy (non-hydrogen) atoms. The van der Waals surface area contributed by atoms with Gasteiger partial charge in [0.15, 0.2) is 0 Å². The SMILES string of the molecule is CC1CC(C)N(CC2(CNC3CC3)CCCCCC2)C1. The zero-order valence-electron chi connectivity index (χ0n) is 13.7. The molecule has 2 aliphatic carbocycles. The van der Waals surface area contributed by atoms with E-state index in [0.29, 0.717) is 5.41 Å². The molecule has 2 saturated carbocycles. The summed E-state index contributed by atoms with van der Waals surface area (Å²) in [7, 11) is 0. The molecular weight excluding hydrogens is 244 g/mol. The number of nitrogens with zero attached hydrogens (tertiary/aromatic N) is 1. The van der Waals surface area contributed by atoms with Gasteiger partial charge in [0, 0.05) is 31.7 Å². The molecule has 0 amide bonds. The van der Waals surface area contributed by atoms with Gasteiger partial charge in [-0.3, -0.25) is 4.90 Å². The smallest absolute Gasteiger partial charge is 0.00702 e. The molecule has 1 aliphatic heterocycles. The van der Waals surface area contributed by atoms with E-state index in [1.54, 1.807) is 0 Å². The Bertz CT molecular complexity index is 303. The molecule has 0 spiro atoms. The third-order valence-corrected chi connectivity index (χ3v) is 5.96. The van der Waals surface area contributed by atoms with Crippen LogP contribution in [-0.2, 0) is 0 Å². The topological polar surface area (TPSA) is 15.3 Å². The molecule has 1 saturated heterocycles. The minimum atomic E-state index is 0.581. The first-order valence-corrected chi connectivity index (χ1v) is 9.14. The van der Waals surface area contributed by atoms with Crippen LogP contribution in [0, 0.1) is 11.3 Å². The van der Waals surface area contributed by atoms with E-state index in [-0.39, 0.29) is 0 Å². The molecule has 1 N–H and O–H groups in total. The molecule has 1 heterocycles. The van der Waals surface area contributed by atoms with Crippen molar-refractivity contribution in [1.29, 1.82) is 0 Å². The summed E-state index contributed by atoms with van der Waals surface area (Å²) in [5.41, 5.74) is 0.581. The second-order valence-electron chi connectivity index (χ2n) is 8.19. The summed E-state index contributed by atoms with van der Waals surface area (Å²) >= 11 is 0. The summed E-state index contributed by atoms with van der Waals surface area (Å²) in [6.07, 6.45) is 13.0. The van der Waals surface area contributed by atoms with E-state index >= 15 is 0 Å². The molecule has 2 unspecified atom stereocenters. The second kappa shape index (κ2) is 6.36.